The van der Waals surface area contributed by atoms with E-state index in [0.29, 0.717) is 18.1 Å². The van der Waals surface area contributed by atoms with Gasteiger partial charge in [-0.15, -0.1) is 0 Å². The predicted octanol–water partition coefficient (Wildman–Crippen LogP) is -0.113. The van der Waals surface area contributed by atoms with Crippen LogP contribution in [-0.2, 0) is 11.2 Å². The zero-order valence-electron chi connectivity index (χ0n) is 10.5. The van der Waals surface area contributed by atoms with Crippen molar-refractivity contribution in [2.75, 3.05) is 12.8 Å². The molecule has 0 aromatic carbocycles. The number of carbonyl (C=O) groups excluding carboxylic acids is 1. The highest BCUT2D eigenvalue weighted by molar-refractivity contribution is 5.92. The molecule has 0 amide bonds. The summed E-state index contributed by atoms with van der Waals surface area (Å²) in [7, 11) is 1.24. The zero-order valence-corrected chi connectivity index (χ0v) is 10.5. The van der Waals surface area contributed by atoms with Gasteiger partial charge in [-0.2, -0.15) is 5.10 Å². The number of hydrogen-bond acceptors (Lipinski definition) is 6. The zero-order chi connectivity index (χ0) is 14.0. The van der Waals surface area contributed by atoms with E-state index in [1.54, 1.807) is 0 Å². The molecule has 0 atom stereocenters. The SMILES string of the molecule is CCc1nc(-n2cc(N)c(C(=O)OC)n2)cc(=O)[nH]1. The standard InChI is InChI=1S/C11H13N5O3/c1-3-7-13-8(4-9(17)14-7)16-5-6(12)10(15-16)11(18)19-2/h4-5H,3,12H2,1-2H3,(H,13,14,17). The summed E-state index contributed by atoms with van der Waals surface area (Å²) < 4.78 is 5.83. The Kier molecular flexibility index (Phi) is 3.32. The number of methoxy groups -OCH3 is 1. The summed E-state index contributed by atoms with van der Waals surface area (Å²) in [5, 5.41) is 3.97. The van der Waals surface area contributed by atoms with Crippen molar-refractivity contribution in [3.05, 3.63) is 34.1 Å². The lowest BCUT2D eigenvalue weighted by molar-refractivity contribution is 0.0594. The van der Waals surface area contributed by atoms with Gasteiger partial charge >= 0.3 is 5.97 Å². The molecule has 8 nitrogen and oxygen atoms in total. The maximum atomic E-state index is 11.5. The number of aromatic nitrogens is 4. The second-order valence-corrected chi connectivity index (χ2v) is 3.77. The highest BCUT2D eigenvalue weighted by atomic mass is 16.5. The Morgan fingerprint density at radius 3 is 2.95 bits per heavy atom. The van der Waals surface area contributed by atoms with E-state index in [1.807, 2.05) is 6.92 Å². The van der Waals surface area contributed by atoms with Gasteiger partial charge in [0.2, 0.25) is 0 Å². The Morgan fingerprint density at radius 1 is 1.58 bits per heavy atom. The van der Waals surface area contributed by atoms with E-state index in [4.69, 9.17) is 5.73 Å². The Hall–Kier alpha value is -2.64. The third-order valence-electron chi connectivity index (χ3n) is 2.47. The molecule has 0 saturated heterocycles. The number of hydrogen-bond donors (Lipinski definition) is 2. The molecule has 0 fully saturated rings. The molecule has 0 unspecified atom stereocenters. The normalized spacial score (nSPS) is 10.4. The van der Waals surface area contributed by atoms with E-state index < -0.39 is 5.97 Å². The van der Waals surface area contributed by atoms with Crippen LogP contribution in [0.2, 0.25) is 0 Å². The molecule has 100 valence electrons. The van der Waals surface area contributed by atoms with Gasteiger partial charge in [-0.25, -0.2) is 14.5 Å². The number of carbonyl (C=O) groups is 1. The third-order valence-corrected chi connectivity index (χ3v) is 2.47. The molecule has 3 N–H and O–H groups in total. The Morgan fingerprint density at radius 2 is 2.32 bits per heavy atom. The van der Waals surface area contributed by atoms with Crippen molar-refractivity contribution < 1.29 is 9.53 Å². The van der Waals surface area contributed by atoms with Gasteiger partial charge in [-0.1, -0.05) is 6.92 Å². The number of ether oxygens (including phenoxy) is 1. The van der Waals surface area contributed by atoms with Gasteiger partial charge in [0.05, 0.1) is 19.0 Å². The first kappa shape index (κ1) is 12.8. The van der Waals surface area contributed by atoms with Crippen LogP contribution in [0.25, 0.3) is 5.82 Å². The molecule has 19 heavy (non-hydrogen) atoms. The van der Waals surface area contributed by atoms with Gasteiger partial charge in [-0.3, -0.25) is 4.79 Å². The molecule has 0 bridgehead atoms. The molecule has 2 rings (SSSR count). The van der Waals surface area contributed by atoms with E-state index in [0.717, 1.165) is 0 Å². The largest absolute Gasteiger partial charge is 0.464 e. The monoisotopic (exact) mass is 263 g/mol. The first-order chi connectivity index (χ1) is 9.05. The molecule has 8 heteroatoms. The fraction of sp³-hybridized carbons (Fsp3) is 0.273. The highest BCUT2D eigenvalue weighted by Crippen LogP contribution is 2.13. The average Bonchev–Trinajstić information content (AvgIpc) is 2.79. The lowest BCUT2D eigenvalue weighted by Crippen LogP contribution is -2.14. The summed E-state index contributed by atoms with van der Waals surface area (Å²) in [6.45, 7) is 1.86. The molecule has 2 aromatic rings. The quantitative estimate of drug-likeness (QED) is 0.746. The van der Waals surface area contributed by atoms with Crippen molar-refractivity contribution in [2.45, 2.75) is 13.3 Å². The number of esters is 1. The summed E-state index contributed by atoms with van der Waals surface area (Å²) in [5.74, 6) is 0.176. The van der Waals surface area contributed by atoms with Gasteiger partial charge in [0.15, 0.2) is 11.5 Å². The molecule has 0 aliphatic heterocycles. The van der Waals surface area contributed by atoms with Gasteiger partial charge in [0, 0.05) is 12.5 Å². The molecular weight excluding hydrogens is 250 g/mol. The van der Waals surface area contributed by atoms with Gasteiger partial charge in [0.25, 0.3) is 5.56 Å². The molecule has 0 aliphatic rings. The lowest BCUT2D eigenvalue weighted by Gasteiger charge is -2.01. The van der Waals surface area contributed by atoms with Crippen molar-refractivity contribution in [1.82, 2.24) is 19.7 Å². The minimum absolute atomic E-state index is 0.0115. The number of aryl methyl sites for hydroxylation is 1. The molecule has 0 spiro atoms. The summed E-state index contributed by atoms with van der Waals surface area (Å²) in [6.07, 6.45) is 1.98. The van der Waals surface area contributed by atoms with E-state index in [9.17, 15) is 9.59 Å². The van der Waals surface area contributed by atoms with Crippen LogP contribution in [0.5, 0.6) is 0 Å². The van der Waals surface area contributed by atoms with Crippen LogP contribution in [0, 0.1) is 0 Å². The average molecular weight is 263 g/mol. The molecule has 0 saturated carbocycles. The topological polar surface area (TPSA) is 116 Å². The van der Waals surface area contributed by atoms with Crippen LogP contribution in [0.1, 0.15) is 23.2 Å². The van der Waals surface area contributed by atoms with E-state index in [1.165, 1.54) is 24.1 Å². The number of H-pyrrole nitrogens is 1. The minimum Gasteiger partial charge on any atom is -0.464 e. The molecular formula is C11H13N5O3. The predicted molar refractivity (Wildman–Crippen MR) is 67.1 cm³/mol. The smallest absolute Gasteiger partial charge is 0.360 e. The first-order valence-corrected chi connectivity index (χ1v) is 5.59. The van der Waals surface area contributed by atoms with Crippen LogP contribution in [-0.4, -0.2) is 32.8 Å². The van der Waals surface area contributed by atoms with Crippen LogP contribution < -0.4 is 11.3 Å². The summed E-state index contributed by atoms with van der Waals surface area (Å²) >= 11 is 0. The number of nitrogens with zero attached hydrogens (tertiary/aromatic N) is 3. The molecule has 0 radical (unpaired) electrons. The number of nitrogen functional groups attached to an aromatic ring is 1. The molecule has 2 heterocycles. The van der Waals surface area contributed by atoms with Crippen LogP contribution in [0.3, 0.4) is 0 Å². The Labute approximate surface area is 108 Å². The van der Waals surface area contributed by atoms with E-state index in [-0.39, 0.29) is 16.9 Å². The maximum Gasteiger partial charge on any atom is 0.360 e. The number of rotatable bonds is 3. The van der Waals surface area contributed by atoms with Crippen molar-refractivity contribution in [1.29, 1.82) is 0 Å². The molecule has 0 aliphatic carbocycles. The van der Waals surface area contributed by atoms with Crippen LogP contribution in [0.4, 0.5) is 5.69 Å². The number of aromatic amines is 1. The Bertz CT molecular complexity index is 673. The summed E-state index contributed by atoms with van der Waals surface area (Å²) in [5.41, 5.74) is 5.52. The van der Waals surface area contributed by atoms with Crippen LogP contribution >= 0.6 is 0 Å². The second kappa shape index (κ2) is 4.92. The fourth-order valence-electron chi connectivity index (χ4n) is 1.54. The van der Waals surface area contributed by atoms with Crippen LogP contribution in [0.15, 0.2) is 17.1 Å². The fourth-order valence-corrected chi connectivity index (χ4v) is 1.54. The number of nitrogens with one attached hydrogen (secondary N) is 1. The molecule has 2 aromatic heterocycles. The van der Waals surface area contributed by atoms with Crippen molar-refractivity contribution in [3.63, 3.8) is 0 Å². The highest BCUT2D eigenvalue weighted by Gasteiger charge is 2.16. The minimum atomic E-state index is -0.642. The van der Waals surface area contributed by atoms with Gasteiger partial charge < -0.3 is 15.5 Å². The van der Waals surface area contributed by atoms with Crippen molar-refractivity contribution in [2.24, 2.45) is 0 Å². The van der Waals surface area contributed by atoms with E-state index in [2.05, 4.69) is 19.8 Å². The van der Waals surface area contributed by atoms with Crippen molar-refractivity contribution in [3.8, 4) is 5.82 Å². The lowest BCUT2D eigenvalue weighted by atomic mass is 10.4. The first-order valence-electron chi connectivity index (χ1n) is 5.59. The van der Waals surface area contributed by atoms with Gasteiger partial charge in [-0.05, 0) is 0 Å². The van der Waals surface area contributed by atoms with E-state index >= 15 is 0 Å². The third kappa shape index (κ3) is 2.46. The summed E-state index contributed by atoms with van der Waals surface area (Å²) in [6, 6.07) is 1.27. The van der Waals surface area contributed by atoms with Crippen molar-refractivity contribution >= 4 is 11.7 Å². The number of nitrogens with two attached hydrogens (primary N) is 1. The Balaban J connectivity index is 2.51. The summed E-state index contributed by atoms with van der Waals surface area (Å²) in [4.78, 5) is 29.7. The second-order valence-electron chi connectivity index (χ2n) is 3.77. The van der Waals surface area contributed by atoms with Gasteiger partial charge in [0.1, 0.15) is 5.82 Å². The maximum absolute atomic E-state index is 11.5. The number of anilines is 1.